The average Bonchev–Trinajstić information content (AvgIpc) is 3.00. The van der Waals surface area contributed by atoms with Gasteiger partial charge in [-0.2, -0.15) is 0 Å². The predicted molar refractivity (Wildman–Crippen MR) is 106 cm³/mol. The van der Waals surface area contributed by atoms with Crippen molar-refractivity contribution in [1.29, 1.82) is 0 Å². The van der Waals surface area contributed by atoms with Crippen LogP contribution in [0.2, 0.25) is 0 Å². The Balaban J connectivity index is 1.56. The maximum absolute atomic E-state index is 11.5. The Kier molecular flexibility index (Phi) is 5.36. The maximum Gasteiger partial charge on any atom is 0.0602 e. The van der Waals surface area contributed by atoms with Gasteiger partial charge >= 0.3 is 0 Å². The molecule has 0 radical (unpaired) electrons. The first-order chi connectivity index (χ1) is 13.2. The van der Waals surface area contributed by atoms with E-state index in [2.05, 4.69) is 20.8 Å². The Bertz CT molecular complexity index is 605. The summed E-state index contributed by atoms with van der Waals surface area (Å²) in [4.78, 5) is 10.9. The zero-order valence-corrected chi connectivity index (χ0v) is 17.9. The molecule has 0 amide bonds. The van der Waals surface area contributed by atoms with Crippen molar-refractivity contribution >= 4 is 5.97 Å². The van der Waals surface area contributed by atoms with Gasteiger partial charge in [0.2, 0.25) is 0 Å². The van der Waals surface area contributed by atoms with E-state index in [1.807, 2.05) is 0 Å². The number of aliphatic hydroxyl groups excluding tert-OH is 2. The summed E-state index contributed by atoms with van der Waals surface area (Å²) in [5.74, 6) is 2.19. The minimum atomic E-state index is -0.957. The van der Waals surface area contributed by atoms with Gasteiger partial charge in [-0.15, -0.1) is 0 Å². The van der Waals surface area contributed by atoms with Crippen molar-refractivity contribution in [2.75, 3.05) is 0 Å². The van der Waals surface area contributed by atoms with Gasteiger partial charge in [0.05, 0.1) is 12.2 Å². The van der Waals surface area contributed by atoms with Crippen LogP contribution in [0.25, 0.3) is 0 Å². The Morgan fingerprint density at radius 2 is 1.82 bits per heavy atom. The van der Waals surface area contributed by atoms with Gasteiger partial charge in [0.15, 0.2) is 0 Å². The lowest BCUT2D eigenvalue weighted by atomic mass is 9.43. The van der Waals surface area contributed by atoms with Crippen molar-refractivity contribution in [2.24, 2.45) is 46.3 Å². The number of fused-ring (bicyclic) bond motifs is 5. The second kappa shape index (κ2) is 7.27. The first kappa shape index (κ1) is 20.7. The molecule has 160 valence electrons. The lowest BCUT2D eigenvalue weighted by molar-refractivity contribution is -0.306. The molecule has 0 aromatic rings. The minimum absolute atomic E-state index is 0.0795. The summed E-state index contributed by atoms with van der Waals surface area (Å²) >= 11 is 0. The predicted octanol–water partition coefficient (Wildman–Crippen LogP) is 3.14. The van der Waals surface area contributed by atoms with E-state index in [1.54, 1.807) is 0 Å². The van der Waals surface area contributed by atoms with Crippen LogP contribution in [0.1, 0.15) is 85.0 Å². The van der Waals surface area contributed by atoms with Crippen molar-refractivity contribution in [1.82, 2.24) is 0 Å². The van der Waals surface area contributed by atoms with Crippen LogP contribution in [0.5, 0.6) is 0 Å². The fourth-order valence-corrected chi connectivity index (χ4v) is 8.71. The number of carbonyl (C=O) groups excluding carboxylic acids is 1. The van der Waals surface area contributed by atoms with Crippen LogP contribution in [0, 0.1) is 46.3 Å². The number of aliphatic hydroxyl groups is 2. The fraction of sp³-hybridized carbons (Fsp3) is 0.958. The SMILES string of the molecule is C[C@H](CCC(=O)[O-])[C@H]1CC[C@H]2[C@@H]3CC[C@@H]4C[C@H](O)CC[C@]4(C)[C@H]3C[C@H](O)[C@@]12C. The van der Waals surface area contributed by atoms with Crippen molar-refractivity contribution in [2.45, 2.75) is 97.2 Å². The molecule has 0 aliphatic heterocycles. The summed E-state index contributed by atoms with van der Waals surface area (Å²) in [5.41, 5.74) is 0.188. The summed E-state index contributed by atoms with van der Waals surface area (Å²) in [6.45, 7) is 6.94. The summed E-state index contributed by atoms with van der Waals surface area (Å²) in [5, 5.41) is 32.6. The highest BCUT2D eigenvalue weighted by Crippen LogP contribution is 2.68. The molecule has 0 bridgehead atoms. The third-order valence-electron chi connectivity index (χ3n) is 10.3. The zero-order chi connectivity index (χ0) is 20.3. The monoisotopic (exact) mass is 391 g/mol. The quantitative estimate of drug-likeness (QED) is 0.771. The molecule has 0 unspecified atom stereocenters. The normalized spacial score (nSPS) is 51.7. The summed E-state index contributed by atoms with van der Waals surface area (Å²) in [6, 6.07) is 0. The molecule has 4 rings (SSSR count). The van der Waals surface area contributed by atoms with E-state index in [0.29, 0.717) is 41.9 Å². The van der Waals surface area contributed by atoms with E-state index < -0.39 is 5.97 Å². The number of aliphatic carboxylic acids is 1. The van der Waals surface area contributed by atoms with E-state index in [1.165, 1.54) is 19.3 Å². The lowest BCUT2D eigenvalue weighted by Crippen LogP contribution is -2.58. The van der Waals surface area contributed by atoms with Crippen LogP contribution in [-0.4, -0.2) is 28.4 Å². The molecule has 0 saturated heterocycles. The van der Waals surface area contributed by atoms with Crippen LogP contribution in [-0.2, 0) is 4.79 Å². The molecule has 0 heterocycles. The summed E-state index contributed by atoms with van der Waals surface area (Å²) in [7, 11) is 0. The van der Waals surface area contributed by atoms with Gasteiger partial charge in [0.25, 0.3) is 0 Å². The van der Waals surface area contributed by atoms with Gasteiger partial charge in [-0.1, -0.05) is 20.8 Å². The molecule has 4 aliphatic carbocycles. The van der Waals surface area contributed by atoms with Crippen molar-refractivity contribution in [3.8, 4) is 0 Å². The number of carbonyl (C=O) groups is 1. The van der Waals surface area contributed by atoms with Gasteiger partial charge in [-0.25, -0.2) is 0 Å². The van der Waals surface area contributed by atoms with E-state index in [9.17, 15) is 20.1 Å². The van der Waals surface area contributed by atoms with Crippen LogP contribution in [0.3, 0.4) is 0 Å². The summed E-state index contributed by atoms with van der Waals surface area (Å²) in [6.07, 6.45) is 8.98. The van der Waals surface area contributed by atoms with E-state index >= 15 is 0 Å². The highest BCUT2D eigenvalue weighted by molar-refractivity contribution is 5.64. The molecule has 0 aromatic carbocycles. The van der Waals surface area contributed by atoms with Crippen LogP contribution >= 0.6 is 0 Å². The molecule has 0 spiro atoms. The molecule has 0 aromatic heterocycles. The Morgan fingerprint density at radius 3 is 2.54 bits per heavy atom. The van der Waals surface area contributed by atoms with E-state index in [0.717, 1.165) is 32.1 Å². The number of carboxylic acids is 1. The highest BCUT2D eigenvalue weighted by Gasteiger charge is 2.63. The van der Waals surface area contributed by atoms with Gasteiger partial charge in [-0.3, -0.25) is 0 Å². The molecule has 4 saturated carbocycles. The molecule has 4 fully saturated rings. The topological polar surface area (TPSA) is 80.6 Å². The van der Waals surface area contributed by atoms with E-state index in [4.69, 9.17) is 0 Å². The number of hydrogen-bond acceptors (Lipinski definition) is 4. The van der Waals surface area contributed by atoms with Crippen molar-refractivity contribution in [3.63, 3.8) is 0 Å². The molecule has 4 nitrogen and oxygen atoms in total. The summed E-state index contributed by atoms with van der Waals surface area (Å²) < 4.78 is 0. The smallest absolute Gasteiger partial charge is 0.0602 e. The number of carboxylic acid groups (broad SMARTS) is 1. The molecule has 2 N–H and O–H groups in total. The van der Waals surface area contributed by atoms with Crippen molar-refractivity contribution in [3.05, 3.63) is 0 Å². The molecule has 10 atom stereocenters. The average molecular weight is 392 g/mol. The molecule has 4 heteroatoms. The second-order valence-corrected chi connectivity index (χ2v) is 11.3. The number of hydrogen-bond donors (Lipinski definition) is 2. The molecular formula is C24H39O4-. The van der Waals surface area contributed by atoms with Crippen LogP contribution in [0.15, 0.2) is 0 Å². The molecule has 28 heavy (non-hydrogen) atoms. The van der Waals surface area contributed by atoms with Crippen LogP contribution in [0.4, 0.5) is 0 Å². The molecular weight excluding hydrogens is 352 g/mol. The fourth-order valence-electron chi connectivity index (χ4n) is 8.71. The van der Waals surface area contributed by atoms with Crippen LogP contribution < -0.4 is 5.11 Å². The standard InChI is InChI=1S/C24H40O4/c1-14(4-9-22(27)28)18-7-8-19-17-6-5-15-12-16(25)10-11-23(15,2)20(17)13-21(26)24(18,19)3/h14-21,25-26H,4-13H2,1-3H3,(H,27,28)/p-1/t14-,15-,16-,17+,18-,19+,20+,21+,23+,24+/m1/s1. The van der Waals surface area contributed by atoms with Crippen molar-refractivity contribution < 1.29 is 20.1 Å². The maximum atomic E-state index is 11.5. The van der Waals surface area contributed by atoms with E-state index in [-0.39, 0.29) is 29.5 Å². The van der Waals surface area contributed by atoms with Gasteiger partial charge < -0.3 is 20.1 Å². The van der Waals surface area contributed by atoms with Gasteiger partial charge in [-0.05, 0) is 111 Å². The first-order valence-corrected chi connectivity index (χ1v) is 11.7. The lowest BCUT2D eigenvalue weighted by Gasteiger charge is -2.62. The number of rotatable bonds is 4. The Hall–Kier alpha value is -0.610. The van der Waals surface area contributed by atoms with Gasteiger partial charge in [0.1, 0.15) is 0 Å². The zero-order valence-electron chi connectivity index (χ0n) is 17.9. The third kappa shape index (κ3) is 3.05. The first-order valence-electron chi connectivity index (χ1n) is 11.7. The van der Waals surface area contributed by atoms with Gasteiger partial charge in [0, 0.05) is 5.97 Å². The molecule has 4 aliphatic rings. The third-order valence-corrected chi connectivity index (χ3v) is 10.3. The Labute approximate surface area is 170 Å². The largest absolute Gasteiger partial charge is 0.550 e. The highest BCUT2D eigenvalue weighted by atomic mass is 16.4. The second-order valence-electron chi connectivity index (χ2n) is 11.3. The minimum Gasteiger partial charge on any atom is -0.550 e. The Morgan fingerprint density at radius 1 is 1.07 bits per heavy atom.